The van der Waals surface area contributed by atoms with E-state index in [4.69, 9.17) is 14.2 Å². The molecule has 2 atom stereocenters. The van der Waals surface area contributed by atoms with Crippen LogP contribution >= 0.6 is 31.9 Å². The minimum absolute atomic E-state index is 0.0161. The lowest BCUT2D eigenvalue weighted by molar-refractivity contribution is 0.0475. The molecule has 0 spiro atoms. The second kappa shape index (κ2) is 7.14. The highest BCUT2D eigenvalue weighted by molar-refractivity contribution is 9.10. The predicted molar refractivity (Wildman–Crippen MR) is 86.8 cm³/mol. The van der Waals surface area contributed by atoms with Gasteiger partial charge in [0.2, 0.25) is 6.79 Å². The van der Waals surface area contributed by atoms with Gasteiger partial charge in [-0.05, 0) is 31.4 Å². The minimum atomic E-state index is -0.0161. The van der Waals surface area contributed by atoms with Crippen molar-refractivity contribution in [2.24, 2.45) is 5.92 Å². The molecule has 0 saturated carbocycles. The van der Waals surface area contributed by atoms with Gasteiger partial charge in [0.15, 0.2) is 11.5 Å². The molecule has 0 radical (unpaired) electrons. The van der Waals surface area contributed by atoms with Crippen molar-refractivity contribution < 1.29 is 14.2 Å². The van der Waals surface area contributed by atoms with E-state index < -0.39 is 0 Å². The van der Waals surface area contributed by atoms with Crippen LogP contribution in [0.5, 0.6) is 11.5 Å². The zero-order valence-electron chi connectivity index (χ0n) is 12.0. The lowest BCUT2D eigenvalue weighted by Crippen LogP contribution is -2.15. The summed E-state index contributed by atoms with van der Waals surface area (Å²) in [6.45, 7) is 7.53. The Morgan fingerprint density at radius 2 is 1.85 bits per heavy atom. The number of benzene rings is 1. The maximum Gasteiger partial charge on any atom is 0.231 e. The SMILES string of the molecule is CC(C)CCO[C@@H](c1cc2c(cc1Br)OCO2)[C@@H](C)Br. The molecule has 1 aromatic rings. The smallest absolute Gasteiger partial charge is 0.231 e. The highest BCUT2D eigenvalue weighted by atomic mass is 79.9. The Balaban J connectivity index is 2.16. The molecule has 1 aliphatic rings. The molecule has 20 heavy (non-hydrogen) atoms. The van der Waals surface area contributed by atoms with Gasteiger partial charge in [0.1, 0.15) is 0 Å². The van der Waals surface area contributed by atoms with E-state index in [-0.39, 0.29) is 17.7 Å². The van der Waals surface area contributed by atoms with E-state index >= 15 is 0 Å². The molecule has 3 nitrogen and oxygen atoms in total. The monoisotopic (exact) mass is 406 g/mol. The van der Waals surface area contributed by atoms with Crippen molar-refractivity contribution in [1.82, 2.24) is 0 Å². The first kappa shape index (κ1) is 16.1. The zero-order chi connectivity index (χ0) is 14.7. The van der Waals surface area contributed by atoms with Crippen molar-refractivity contribution in [3.05, 3.63) is 22.2 Å². The van der Waals surface area contributed by atoms with Gasteiger partial charge >= 0.3 is 0 Å². The fourth-order valence-corrected chi connectivity index (χ4v) is 3.04. The highest BCUT2D eigenvalue weighted by Gasteiger charge is 2.24. The molecule has 0 aliphatic carbocycles. The Labute approximate surface area is 137 Å². The standard InChI is InChI=1S/C15H20Br2O3/c1-9(2)4-5-18-15(10(3)16)11-6-13-14(7-12(11)17)20-8-19-13/h6-7,9-10,15H,4-5,8H2,1-3H3/t10-,15-/m1/s1. The number of ether oxygens (including phenoxy) is 3. The summed E-state index contributed by atoms with van der Waals surface area (Å²) in [7, 11) is 0. The second-order valence-corrected chi connectivity index (χ2v) is 7.68. The molecular formula is C15H20Br2O3. The Bertz CT molecular complexity index is 461. The van der Waals surface area contributed by atoms with Crippen LogP contribution in [0.1, 0.15) is 38.9 Å². The highest BCUT2D eigenvalue weighted by Crippen LogP contribution is 2.41. The molecule has 0 bridgehead atoms. The molecule has 5 heteroatoms. The molecule has 0 fully saturated rings. The molecule has 1 aromatic carbocycles. The Morgan fingerprint density at radius 3 is 2.45 bits per heavy atom. The van der Waals surface area contributed by atoms with E-state index in [0.29, 0.717) is 5.92 Å². The molecule has 0 saturated heterocycles. The summed E-state index contributed by atoms with van der Waals surface area (Å²) in [5.74, 6) is 2.21. The third-order valence-electron chi connectivity index (χ3n) is 3.21. The number of hydrogen-bond donors (Lipinski definition) is 0. The third-order valence-corrected chi connectivity index (χ3v) is 4.38. The summed E-state index contributed by atoms with van der Waals surface area (Å²) in [5, 5.41) is 0. The number of fused-ring (bicyclic) bond motifs is 1. The first-order valence-corrected chi connectivity index (χ1v) is 8.54. The number of hydrogen-bond acceptors (Lipinski definition) is 3. The summed E-state index contributed by atoms with van der Waals surface area (Å²) in [4.78, 5) is 0.214. The van der Waals surface area contributed by atoms with Crippen LogP contribution in [0.15, 0.2) is 16.6 Å². The number of halogens is 2. The summed E-state index contributed by atoms with van der Waals surface area (Å²) >= 11 is 7.24. The van der Waals surface area contributed by atoms with Crippen molar-refractivity contribution in [2.75, 3.05) is 13.4 Å². The zero-order valence-corrected chi connectivity index (χ0v) is 15.2. The molecule has 112 valence electrons. The van der Waals surface area contributed by atoms with Crippen molar-refractivity contribution in [3.8, 4) is 11.5 Å². The van der Waals surface area contributed by atoms with Gasteiger partial charge in [-0.15, -0.1) is 0 Å². The largest absolute Gasteiger partial charge is 0.454 e. The second-order valence-electron chi connectivity index (χ2n) is 5.38. The fourth-order valence-electron chi connectivity index (χ4n) is 2.05. The normalized spacial score (nSPS) is 16.5. The summed E-state index contributed by atoms with van der Waals surface area (Å²) in [6, 6.07) is 3.95. The van der Waals surface area contributed by atoms with E-state index in [0.717, 1.165) is 34.6 Å². The molecule has 0 unspecified atom stereocenters. The van der Waals surface area contributed by atoms with Crippen molar-refractivity contribution >= 4 is 31.9 Å². The summed E-state index contributed by atoms with van der Waals surface area (Å²) in [6.07, 6.45) is 1.04. The van der Waals surface area contributed by atoms with Gasteiger partial charge in [0.25, 0.3) is 0 Å². The van der Waals surface area contributed by atoms with Crippen LogP contribution < -0.4 is 9.47 Å². The maximum atomic E-state index is 6.07. The molecular weight excluding hydrogens is 388 g/mol. The molecule has 1 heterocycles. The van der Waals surface area contributed by atoms with E-state index in [2.05, 4.69) is 52.6 Å². The Morgan fingerprint density at radius 1 is 1.20 bits per heavy atom. The lowest BCUT2D eigenvalue weighted by Gasteiger charge is -2.23. The van der Waals surface area contributed by atoms with Gasteiger partial charge in [0.05, 0.1) is 6.10 Å². The van der Waals surface area contributed by atoms with Gasteiger partial charge in [0, 0.05) is 21.5 Å². The maximum absolute atomic E-state index is 6.07. The number of rotatable bonds is 6. The molecule has 0 aromatic heterocycles. The van der Waals surface area contributed by atoms with Crippen LogP contribution in [0.25, 0.3) is 0 Å². The van der Waals surface area contributed by atoms with Crippen molar-refractivity contribution in [2.45, 2.75) is 38.1 Å². The molecule has 0 N–H and O–H groups in total. The molecule has 0 amide bonds. The Hall–Kier alpha value is -0.260. The summed E-state index contributed by atoms with van der Waals surface area (Å²) in [5.41, 5.74) is 1.09. The number of alkyl halides is 1. The van der Waals surface area contributed by atoms with Crippen molar-refractivity contribution in [1.29, 1.82) is 0 Å². The van der Waals surface area contributed by atoms with Crippen LogP contribution in [0.3, 0.4) is 0 Å². The first-order valence-electron chi connectivity index (χ1n) is 6.83. The third kappa shape index (κ3) is 3.89. The summed E-state index contributed by atoms with van der Waals surface area (Å²) < 4.78 is 17.9. The van der Waals surface area contributed by atoms with E-state index in [1.165, 1.54) is 0 Å². The Kier molecular flexibility index (Phi) is 5.75. The van der Waals surface area contributed by atoms with E-state index in [1.54, 1.807) is 0 Å². The lowest BCUT2D eigenvalue weighted by atomic mass is 10.1. The van der Waals surface area contributed by atoms with Gasteiger partial charge in [-0.25, -0.2) is 0 Å². The average Bonchev–Trinajstić information content (AvgIpc) is 2.80. The van der Waals surface area contributed by atoms with Gasteiger partial charge < -0.3 is 14.2 Å². The quantitative estimate of drug-likeness (QED) is 0.616. The van der Waals surface area contributed by atoms with Crippen LogP contribution in [0.2, 0.25) is 0 Å². The van der Waals surface area contributed by atoms with Crippen LogP contribution in [-0.2, 0) is 4.74 Å². The van der Waals surface area contributed by atoms with E-state index in [1.807, 2.05) is 12.1 Å². The van der Waals surface area contributed by atoms with E-state index in [9.17, 15) is 0 Å². The predicted octanol–water partition coefficient (Wildman–Crippen LogP) is 5.07. The van der Waals surface area contributed by atoms with Crippen LogP contribution in [0.4, 0.5) is 0 Å². The van der Waals surface area contributed by atoms with Gasteiger partial charge in [-0.3, -0.25) is 0 Å². The van der Waals surface area contributed by atoms with Crippen molar-refractivity contribution in [3.63, 3.8) is 0 Å². The van der Waals surface area contributed by atoms with Gasteiger partial charge in [-0.2, -0.15) is 0 Å². The van der Waals surface area contributed by atoms with Crippen LogP contribution in [0, 0.1) is 5.92 Å². The fraction of sp³-hybridized carbons (Fsp3) is 0.600. The molecule has 2 rings (SSSR count). The topological polar surface area (TPSA) is 27.7 Å². The average molecular weight is 408 g/mol. The first-order chi connectivity index (χ1) is 9.49. The van der Waals surface area contributed by atoms with Gasteiger partial charge in [-0.1, -0.05) is 45.7 Å². The van der Waals surface area contributed by atoms with Crippen LogP contribution in [-0.4, -0.2) is 18.2 Å². The minimum Gasteiger partial charge on any atom is -0.454 e. The molecule has 1 aliphatic heterocycles.